The van der Waals surface area contributed by atoms with E-state index in [1.165, 1.54) is 0 Å². The van der Waals surface area contributed by atoms with Crippen molar-refractivity contribution < 1.29 is 14.4 Å². The maximum atomic E-state index is 12.5. The minimum atomic E-state index is -0.612. The normalized spacial score (nSPS) is 11.9. The van der Waals surface area contributed by atoms with E-state index < -0.39 is 6.10 Å². The second kappa shape index (κ2) is 7.77. The van der Waals surface area contributed by atoms with Gasteiger partial charge in [0.05, 0.1) is 11.8 Å². The average molecular weight is 336 g/mol. The smallest absolute Gasteiger partial charge is 0.257 e. The Labute approximate surface area is 146 Å². The number of rotatable bonds is 6. The van der Waals surface area contributed by atoms with Crippen LogP contribution in [0.15, 0.2) is 65.2 Å². The fraction of sp³-hybridized carbons (Fsp3) is 0.200. The first kappa shape index (κ1) is 16.9. The van der Waals surface area contributed by atoms with Crippen LogP contribution in [-0.4, -0.2) is 22.7 Å². The molecule has 0 spiro atoms. The Kier molecular flexibility index (Phi) is 5.26. The van der Waals surface area contributed by atoms with Crippen molar-refractivity contribution in [2.75, 3.05) is 6.54 Å². The standard InChI is InChI=1S/C20H20N2O3/c1-14-18(19(25-22-14)16-10-6-3-7-11-16)20(24)21-13-12-17(23)15-8-4-2-5-9-15/h2-11,17,23H,12-13H2,1H3,(H,21,24). The van der Waals surface area contributed by atoms with Crippen LogP contribution in [0.1, 0.15) is 34.1 Å². The summed E-state index contributed by atoms with van der Waals surface area (Å²) >= 11 is 0. The van der Waals surface area contributed by atoms with E-state index in [-0.39, 0.29) is 5.91 Å². The Morgan fingerprint density at radius 3 is 2.44 bits per heavy atom. The molecular weight excluding hydrogens is 316 g/mol. The highest BCUT2D eigenvalue weighted by atomic mass is 16.5. The maximum absolute atomic E-state index is 12.5. The van der Waals surface area contributed by atoms with E-state index in [1.54, 1.807) is 6.92 Å². The number of carbonyl (C=O) groups excluding carboxylic acids is 1. The highest BCUT2D eigenvalue weighted by Crippen LogP contribution is 2.26. The van der Waals surface area contributed by atoms with Crippen LogP contribution in [0.2, 0.25) is 0 Å². The van der Waals surface area contributed by atoms with Crippen molar-refractivity contribution in [3.05, 3.63) is 77.5 Å². The molecule has 1 aromatic heterocycles. The molecule has 2 aromatic carbocycles. The van der Waals surface area contributed by atoms with E-state index in [9.17, 15) is 9.90 Å². The van der Waals surface area contributed by atoms with Gasteiger partial charge >= 0.3 is 0 Å². The molecule has 0 saturated carbocycles. The van der Waals surface area contributed by atoms with Gasteiger partial charge in [0.2, 0.25) is 0 Å². The summed E-state index contributed by atoms with van der Waals surface area (Å²) in [6.07, 6.45) is -0.181. The van der Waals surface area contributed by atoms with E-state index in [0.717, 1.165) is 11.1 Å². The van der Waals surface area contributed by atoms with Crippen LogP contribution < -0.4 is 5.32 Å². The summed E-state index contributed by atoms with van der Waals surface area (Å²) in [4.78, 5) is 12.5. The van der Waals surface area contributed by atoms with E-state index in [1.807, 2.05) is 60.7 Å². The summed E-state index contributed by atoms with van der Waals surface area (Å²) in [5.74, 6) is 0.206. The first-order chi connectivity index (χ1) is 12.2. The lowest BCUT2D eigenvalue weighted by Crippen LogP contribution is -2.26. The summed E-state index contributed by atoms with van der Waals surface area (Å²) in [5, 5.41) is 16.9. The van der Waals surface area contributed by atoms with Gasteiger partial charge in [0.1, 0.15) is 5.56 Å². The molecule has 0 aliphatic rings. The highest BCUT2D eigenvalue weighted by molar-refractivity contribution is 6.00. The molecule has 1 amide bonds. The van der Waals surface area contributed by atoms with Gasteiger partial charge in [-0.05, 0) is 18.9 Å². The molecule has 1 heterocycles. The highest BCUT2D eigenvalue weighted by Gasteiger charge is 2.21. The van der Waals surface area contributed by atoms with Gasteiger partial charge in [-0.15, -0.1) is 0 Å². The zero-order chi connectivity index (χ0) is 17.6. The van der Waals surface area contributed by atoms with Gasteiger partial charge < -0.3 is 14.9 Å². The molecule has 1 atom stereocenters. The second-order valence-corrected chi connectivity index (χ2v) is 5.81. The Bertz CT molecular complexity index is 829. The topological polar surface area (TPSA) is 75.4 Å². The molecule has 2 N–H and O–H groups in total. The van der Waals surface area contributed by atoms with Crippen molar-refractivity contribution in [2.24, 2.45) is 0 Å². The number of benzene rings is 2. The van der Waals surface area contributed by atoms with Crippen LogP contribution in [-0.2, 0) is 0 Å². The van der Waals surface area contributed by atoms with Gasteiger partial charge in [0, 0.05) is 12.1 Å². The summed E-state index contributed by atoms with van der Waals surface area (Å²) < 4.78 is 5.34. The predicted molar refractivity (Wildman–Crippen MR) is 95.0 cm³/mol. The van der Waals surface area contributed by atoms with E-state index in [2.05, 4.69) is 10.5 Å². The Morgan fingerprint density at radius 2 is 1.76 bits per heavy atom. The lowest BCUT2D eigenvalue weighted by atomic mass is 10.1. The Hall–Kier alpha value is -2.92. The van der Waals surface area contributed by atoms with Crippen LogP contribution in [0.4, 0.5) is 0 Å². The van der Waals surface area contributed by atoms with Gasteiger partial charge in [0.25, 0.3) is 5.91 Å². The number of carbonyl (C=O) groups is 1. The van der Waals surface area contributed by atoms with E-state index >= 15 is 0 Å². The van der Waals surface area contributed by atoms with Gasteiger partial charge in [0.15, 0.2) is 5.76 Å². The van der Waals surface area contributed by atoms with Crippen molar-refractivity contribution in [1.29, 1.82) is 0 Å². The number of nitrogens with zero attached hydrogens (tertiary/aromatic N) is 1. The van der Waals surface area contributed by atoms with Crippen LogP contribution in [0.25, 0.3) is 11.3 Å². The average Bonchev–Trinajstić information content (AvgIpc) is 3.04. The van der Waals surface area contributed by atoms with Gasteiger partial charge in [-0.3, -0.25) is 4.79 Å². The summed E-state index contributed by atoms with van der Waals surface area (Å²) in [7, 11) is 0. The van der Waals surface area contributed by atoms with Crippen LogP contribution in [0, 0.1) is 6.92 Å². The number of aromatic nitrogens is 1. The lowest BCUT2D eigenvalue weighted by molar-refractivity contribution is 0.0942. The number of nitrogens with one attached hydrogen (secondary N) is 1. The van der Waals surface area contributed by atoms with Crippen molar-refractivity contribution in [3.8, 4) is 11.3 Å². The molecular formula is C20H20N2O3. The zero-order valence-corrected chi connectivity index (χ0v) is 14.0. The fourth-order valence-electron chi connectivity index (χ4n) is 2.68. The first-order valence-electron chi connectivity index (χ1n) is 8.19. The molecule has 5 heteroatoms. The molecule has 0 radical (unpaired) electrons. The molecule has 5 nitrogen and oxygen atoms in total. The first-order valence-corrected chi connectivity index (χ1v) is 8.19. The van der Waals surface area contributed by atoms with E-state index in [0.29, 0.717) is 30.0 Å². The molecule has 0 saturated heterocycles. The van der Waals surface area contributed by atoms with Gasteiger partial charge in [-0.2, -0.15) is 0 Å². The lowest BCUT2D eigenvalue weighted by Gasteiger charge is -2.11. The fourth-order valence-corrected chi connectivity index (χ4v) is 2.68. The van der Waals surface area contributed by atoms with Gasteiger partial charge in [-0.25, -0.2) is 0 Å². The molecule has 1 unspecified atom stereocenters. The number of amides is 1. The third kappa shape index (κ3) is 3.95. The minimum absolute atomic E-state index is 0.252. The van der Waals surface area contributed by atoms with Crippen LogP contribution >= 0.6 is 0 Å². The van der Waals surface area contributed by atoms with Crippen LogP contribution in [0.5, 0.6) is 0 Å². The number of aliphatic hydroxyl groups excluding tert-OH is 1. The van der Waals surface area contributed by atoms with Crippen molar-refractivity contribution in [1.82, 2.24) is 10.5 Å². The zero-order valence-electron chi connectivity index (χ0n) is 14.0. The summed E-state index contributed by atoms with van der Waals surface area (Å²) in [6, 6.07) is 18.8. The molecule has 128 valence electrons. The Balaban J connectivity index is 1.65. The quantitative estimate of drug-likeness (QED) is 0.722. The molecule has 0 aliphatic heterocycles. The number of hydrogen-bond donors (Lipinski definition) is 2. The third-order valence-electron chi connectivity index (χ3n) is 4.01. The molecule has 25 heavy (non-hydrogen) atoms. The number of hydrogen-bond acceptors (Lipinski definition) is 4. The number of aliphatic hydroxyl groups is 1. The number of aryl methyl sites for hydroxylation is 1. The van der Waals surface area contributed by atoms with Crippen molar-refractivity contribution >= 4 is 5.91 Å². The predicted octanol–water partition coefficient (Wildman–Crippen LogP) is 3.50. The molecule has 3 aromatic rings. The molecule has 0 aliphatic carbocycles. The van der Waals surface area contributed by atoms with Crippen LogP contribution in [0.3, 0.4) is 0 Å². The minimum Gasteiger partial charge on any atom is -0.388 e. The molecule has 0 fully saturated rings. The maximum Gasteiger partial charge on any atom is 0.257 e. The van der Waals surface area contributed by atoms with Crippen molar-refractivity contribution in [2.45, 2.75) is 19.4 Å². The summed E-state index contributed by atoms with van der Waals surface area (Å²) in [6.45, 7) is 2.09. The molecule has 0 bridgehead atoms. The van der Waals surface area contributed by atoms with E-state index in [4.69, 9.17) is 4.52 Å². The SMILES string of the molecule is Cc1noc(-c2ccccc2)c1C(=O)NCCC(O)c1ccccc1. The van der Waals surface area contributed by atoms with Crippen molar-refractivity contribution in [3.63, 3.8) is 0 Å². The summed E-state index contributed by atoms with van der Waals surface area (Å²) in [5.41, 5.74) is 2.61. The Morgan fingerprint density at radius 1 is 1.12 bits per heavy atom. The largest absolute Gasteiger partial charge is 0.388 e. The second-order valence-electron chi connectivity index (χ2n) is 5.81. The molecule has 3 rings (SSSR count). The van der Waals surface area contributed by atoms with Gasteiger partial charge in [-0.1, -0.05) is 65.8 Å². The monoisotopic (exact) mass is 336 g/mol. The third-order valence-corrected chi connectivity index (χ3v) is 4.01.